The van der Waals surface area contributed by atoms with Crippen molar-refractivity contribution in [2.24, 2.45) is 0 Å². The zero-order valence-corrected chi connectivity index (χ0v) is 23.7. The van der Waals surface area contributed by atoms with Gasteiger partial charge in [-0.3, -0.25) is 0 Å². The van der Waals surface area contributed by atoms with Crippen molar-refractivity contribution in [1.82, 2.24) is 0 Å². The molecule has 6 rings (SSSR count). The Kier molecular flexibility index (Phi) is 5.36. The highest BCUT2D eigenvalue weighted by atomic mass is 79.9. The minimum atomic E-state index is -1.93. The third-order valence-corrected chi connectivity index (χ3v) is 13.1. The summed E-state index contributed by atoms with van der Waals surface area (Å²) in [5, 5.41) is 0. The summed E-state index contributed by atoms with van der Waals surface area (Å²) in [5.41, 5.74) is 13.8. The van der Waals surface area contributed by atoms with Crippen LogP contribution in [0.15, 0.2) is 99.4 Å². The van der Waals surface area contributed by atoms with E-state index in [1.165, 1.54) is 59.0 Å². The summed E-state index contributed by atoms with van der Waals surface area (Å²) < 4.78 is 2.33. The second kappa shape index (κ2) is 8.19. The summed E-state index contributed by atoms with van der Waals surface area (Å²) >= 11 is 7.54. The van der Waals surface area contributed by atoms with E-state index in [-0.39, 0.29) is 0 Å². The van der Waals surface area contributed by atoms with Crippen LogP contribution in [0.5, 0.6) is 0 Å². The van der Waals surface area contributed by atoms with E-state index in [0.717, 1.165) is 0 Å². The molecule has 0 heterocycles. The Morgan fingerprint density at radius 2 is 1.24 bits per heavy atom. The molecule has 0 radical (unpaired) electrons. The second-order valence-electron chi connectivity index (χ2n) is 10.2. The monoisotopic (exact) mass is 584 g/mol. The normalized spacial score (nSPS) is 16.7. The molecule has 3 heteroatoms. The molecule has 0 aliphatic heterocycles. The van der Waals surface area contributed by atoms with Gasteiger partial charge in [0.15, 0.2) is 0 Å². The number of halogens is 2. The number of hydrogen-bond acceptors (Lipinski definition) is 0. The average molecular weight is 586 g/mol. The predicted molar refractivity (Wildman–Crippen MR) is 155 cm³/mol. The van der Waals surface area contributed by atoms with E-state index in [0.29, 0.717) is 11.1 Å². The quantitative estimate of drug-likeness (QED) is 0.210. The van der Waals surface area contributed by atoms with E-state index in [2.05, 4.69) is 143 Å². The predicted octanol–water partition coefficient (Wildman–Crippen LogP) is 9.98. The van der Waals surface area contributed by atoms with Crippen LogP contribution in [0.1, 0.15) is 40.3 Å². The number of benzene rings is 4. The summed E-state index contributed by atoms with van der Waals surface area (Å²) in [5.74, 6) is 0. The molecule has 0 saturated heterocycles. The molecule has 2 aliphatic carbocycles. The van der Waals surface area contributed by atoms with E-state index < -0.39 is 8.07 Å². The highest BCUT2D eigenvalue weighted by molar-refractivity contribution is 9.10. The van der Waals surface area contributed by atoms with Crippen LogP contribution in [-0.2, 0) is 0 Å². The topological polar surface area (TPSA) is 0 Å². The molecule has 4 aromatic rings. The SMILES string of the molecule is CC1=Cc2c(-c3ccccc3)cccc2C1[Si](C)(C)C1c2cc(Br)ccc2-c2ccc(Br)cc21. The van der Waals surface area contributed by atoms with E-state index in [1.54, 1.807) is 0 Å². The van der Waals surface area contributed by atoms with Gasteiger partial charge in [0.05, 0.1) is 8.07 Å². The lowest BCUT2D eigenvalue weighted by Gasteiger charge is -2.38. The van der Waals surface area contributed by atoms with Crippen molar-refractivity contribution in [2.75, 3.05) is 0 Å². The van der Waals surface area contributed by atoms with Crippen LogP contribution in [0.4, 0.5) is 0 Å². The first-order valence-electron chi connectivity index (χ1n) is 11.8. The van der Waals surface area contributed by atoms with Crippen LogP contribution in [0.25, 0.3) is 28.3 Å². The molecule has 0 amide bonds. The molecule has 2 aliphatic rings. The Morgan fingerprint density at radius 3 is 1.85 bits per heavy atom. The summed E-state index contributed by atoms with van der Waals surface area (Å²) in [6, 6.07) is 31.5. The Morgan fingerprint density at radius 1 is 0.618 bits per heavy atom. The van der Waals surface area contributed by atoms with Gasteiger partial charge in [-0.15, -0.1) is 0 Å². The van der Waals surface area contributed by atoms with Gasteiger partial charge in [0.25, 0.3) is 0 Å². The van der Waals surface area contributed by atoms with Crippen LogP contribution in [0.2, 0.25) is 13.1 Å². The molecule has 0 saturated carbocycles. The Bertz CT molecular complexity index is 1420. The maximum atomic E-state index is 3.77. The molecule has 0 fully saturated rings. The molecular weight excluding hydrogens is 560 g/mol. The van der Waals surface area contributed by atoms with Gasteiger partial charge in [-0.05, 0) is 75.7 Å². The zero-order valence-electron chi connectivity index (χ0n) is 19.6. The highest BCUT2D eigenvalue weighted by Gasteiger charge is 2.48. The van der Waals surface area contributed by atoms with Crippen molar-refractivity contribution in [3.8, 4) is 22.3 Å². The number of fused-ring (bicyclic) bond motifs is 4. The molecule has 1 atom stereocenters. The fourth-order valence-electron chi connectivity index (χ4n) is 6.58. The maximum absolute atomic E-state index is 3.77. The molecule has 0 aromatic heterocycles. The lowest BCUT2D eigenvalue weighted by Crippen LogP contribution is -2.42. The van der Waals surface area contributed by atoms with Crippen LogP contribution < -0.4 is 0 Å². The summed E-state index contributed by atoms with van der Waals surface area (Å²) in [4.78, 5) is 0. The van der Waals surface area contributed by atoms with Crippen molar-refractivity contribution in [3.05, 3.63) is 122 Å². The number of allylic oxidation sites excluding steroid dienone is 1. The Hall–Kier alpha value is -2.20. The molecule has 0 bridgehead atoms. The van der Waals surface area contributed by atoms with E-state index in [1.807, 2.05) is 0 Å². The highest BCUT2D eigenvalue weighted by Crippen LogP contribution is 2.56. The molecule has 34 heavy (non-hydrogen) atoms. The first-order valence-corrected chi connectivity index (χ1v) is 16.6. The molecule has 0 nitrogen and oxygen atoms in total. The van der Waals surface area contributed by atoms with Crippen molar-refractivity contribution in [2.45, 2.75) is 31.1 Å². The first kappa shape index (κ1) is 22.3. The minimum absolute atomic E-state index is 0.437. The molecule has 168 valence electrons. The fourth-order valence-corrected chi connectivity index (χ4v) is 12.1. The van der Waals surface area contributed by atoms with Gasteiger partial charge in [-0.2, -0.15) is 0 Å². The molecular formula is C31H26Br2Si. The van der Waals surface area contributed by atoms with Gasteiger partial charge in [-0.1, -0.05) is 117 Å². The summed E-state index contributed by atoms with van der Waals surface area (Å²) in [6.45, 7) is 7.56. The summed E-state index contributed by atoms with van der Waals surface area (Å²) in [7, 11) is -1.93. The lowest BCUT2D eigenvalue weighted by atomic mass is 9.97. The average Bonchev–Trinajstić information content (AvgIpc) is 3.33. The Labute approximate surface area is 220 Å². The van der Waals surface area contributed by atoms with Gasteiger partial charge in [0.1, 0.15) is 0 Å². The van der Waals surface area contributed by atoms with E-state index in [9.17, 15) is 0 Å². The van der Waals surface area contributed by atoms with Crippen molar-refractivity contribution in [1.29, 1.82) is 0 Å². The Balaban J connectivity index is 1.54. The second-order valence-corrected chi connectivity index (χ2v) is 16.8. The largest absolute Gasteiger partial charge is 0.0726 e. The van der Waals surface area contributed by atoms with Crippen LogP contribution >= 0.6 is 31.9 Å². The molecule has 4 aromatic carbocycles. The van der Waals surface area contributed by atoms with Crippen LogP contribution in [0, 0.1) is 0 Å². The van der Waals surface area contributed by atoms with Crippen molar-refractivity contribution < 1.29 is 0 Å². The van der Waals surface area contributed by atoms with Gasteiger partial charge < -0.3 is 0 Å². The van der Waals surface area contributed by atoms with E-state index in [4.69, 9.17) is 0 Å². The minimum Gasteiger partial charge on any atom is -0.0679 e. The van der Waals surface area contributed by atoms with Gasteiger partial charge in [0, 0.05) is 20.0 Å². The van der Waals surface area contributed by atoms with Crippen LogP contribution in [-0.4, -0.2) is 8.07 Å². The lowest BCUT2D eigenvalue weighted by molar-refractivity contribution is 0.985. The van der Waals surface area contributed by atoms with Gasteiger partial charge in [-0.25, -0.2) is 0 Å². The van der Waals surface area contributed by atoms with Crippen molar-refractivity contribution >= 4 is 46.0 Å². The molecule has 0 N–H and O–H groups in total. The maximum Gasteiger partial charge on any atom is 0.0726 e. The third kappa shape index (κ3) is 3.36. The number of hydrogen-bond donors (Lipinski definition) is 0. The van der Waals surface area contributed by atoms with Gasteiger partial charge in [0.2, 0.25) is 0 Å². The fraction of sp³-hybridized carbons (Fsp3) is 0.161. The van der Waals surface area contributed by atoms with Crippen molar-refractivity contribution in [3.63, 3.8) is 0 Å². The smallest absolute Gasteiger partial charge is 0.0679 e. The summed E-state index contributed by atoms with van der Waals surface area (Å²) in [6.07, 6.45) is 2.47. The number of rotatable bonds is 3. The van der Waals surface area contributed by atoms with Crippen LogP contribution in [0.3, 0.4) is 0 Å². The van der Waals surface area contributed by atoms with E-state index >= 15 is 0 Å². The molecule has 0 spiro atoms. The first-order chi connectivity index (χ1) is 16.4. The zero-order chi connectivity index (χ0) is 23.6. The third-order valence-electron chi connectivity index (χ3n) is 7.79. The molecule has 1 unspecified atom stereocenters. The standard InChI is InChI=1S/C31H26Br2Si/c1-19-16-27-23(20-8-5-4-6-9-20)10-7-11-26(27)30(19)34(2,3)31-28-17-21(32)12-14-24(28)25-15-13-22(33)18-29(25)31/h4-18,30-31H,1-3H3. The van der Waals surface area contributed by atoms with Gasteiger partial charge >= 0.3 is 0 Å².